The fourth-order valence-corrected chi connectivity index (χ4v) is 4.38. The molecule has 5 nitrogen and oxygen atoms in total. The van der Waals surface area contributed by atoms with Crippen molar-refractivity contribution in [1.82, 2.24) is 4.98 Å². The first-order valence-corrected chi connectivity index (χ1v) is 11.7. The predicted octanol–water partition coefficient (Wildman–Crippen LogP) is 5.16. The van der Waals surface area contributed by atoms with E-state index in [0.29, 0.717) is 17.2 Å². The van der Waals surface area contributed by atoms with E-state index in [1.54, 1.807) is 24.4 Å². The van der Waals surface area contributed by atoms with E-state index >= 15 is 0 Å². The van der Waals surface area contributed by atoms with Gasteiger partial charge in [0, 0.05) is 41.1 Å². The highest BCUT2D eigenvalue weighted by Crippen LogP contribution is 2.33. The van der Waals surface area contributed by atoms with Gasteiger partial charge in [-0.05, 0) is 66.9 Å². The van der Waals surface area contributed by atoms with Gasteiger partial charge in [-0.2, -0.15) is 0 Å². The average molecular weight is 443 g/mol. The van der Waals surface area contributed by atoms with Crippen molar-refractivity contribution in [3.8, 4) is 0 Å². The van der Waals surface area contributed by atoms with Crippen LogP contribution in [0.4, 0.5) is 0 Å². The van der Waals surface area contributed by atoms with Crippen LogP contribution in [-0.4, -0.2) is 30.6 Å². The predicted molar refractivity (Wildman–Crippen MR) is 119 cm³/mol. The van der Waals surface area contributed by atoms with Crippen molar-refractivity contribution in [1.29, 1.82) is 0 Å². The second-order valence-electron chi connectivity index (χ2n) is 7.33. The number of aryl methyl sites for hydroxylation is 2. The van der Waals surface area contributed by atoms with E-state index in [1.165, 1.54) is 6.26 Å². The molecule has 0 spiro atoms. The Morgan fingerprint density at radius 1 is 1.10 bits per heavy atom. The Bertz CT molecular complexity index is 1190. The lowest BCUT2D eigenvalue weighted by Crippen LogP contribution is -2.12. The number of halogens is 1. The van der Waals surface area contributed by atoms with Crippen LogP contribution in [-0.2, 0) is 9.84 Å². The van der Waals surface area contributed by atoms with E-state index < -0.39 is 9.84 Å². The van der Waals surface area contributed by atoms with E-state index in [2.05, 4.69) is 10.1 Å². The summed E-state index contributed by atoms with van der Waals surface area (Å²) < 4.78 is 23.7. The van der Waals surface area contributed by atoms with Gasteiger partial charge in [-0.3, -0.25) is 4.98 Å². The minimum Gasteiger partial charge on any atom is -0.411 e. The number of oxime groups is 1. The van der Waals surface area contributed by atoms with Crippen molar-refractivity contribution < 1.29 is 13.6 Å². The van der Waals surface area contributed by atoms with Crippen LogP contribution in [0.25, 0.3) is 0 Å². The van der Waals surface area contributed by atoms with E-state index in [4.69, 9.17) is 11.6 Å². The lowest BCUT2D eigenvalue weighted by atomic mass is 9.83. The minimum atomic E-state index is -3.29. The summed E-state index contributed by atoms with van der Waals surface area (Å²) in [4.78, 5) is 4.46. The molecule has 1 N–H and O–H groups in total. The van der Waals surface area contributed by atoms with Crippen LogP contribution >= 0.6 is 11.6 Å². The number of pyridine rings is 1. The number of nitrogens with zero attached hydrogens (tertiary/aromatic N) is 2. The molecule has 2 aromatic carbocycles. The number of sulfone groups is 1. The number of benzene rings is 2. The molecule has 0 aliphatic carbocycles. The third-order valence-corrected chi connectivity index (χ3v) is 6.43. The molecular weight excluding hydrogens is 420 g/mol. The van der Waals surface area contributed by atoms with Gasteiger partial charge in [-0.1, -0.05) is 35.0 Å². The molecule has 0 amide bonds. The zero-order valence-electron chi connectivity index (χ0n) is 17.0. The molecule has 1 aromatic heterocycles. The zero-order chi connectivity index (χ0) is 21.9. The minimum absolute atomic E-state index is 0.157. The summed E-state index contributed by atoms with van der Waals surface area (Å²) in [6.45, 7) is 3.86. The van der Waals surface area contributed by atoms with Crippen molar-refractivity contribution >= 4 is 27.1 Å². The summed E-state index contributed by atoms with van der Waals surface area (Å²) in [6.07, 6.45) is 3.28. The van der Waals surface area contributed by atoms with Gasteiger partial charge in [-0.15, -0.1) is 0 Å². The smallest absolute Gasteiger partial charge is 0.175 e. The van der Waals surface area contributed by atoms with Crippen molar-refractivity contribution in [3.63, 3.8) is 0 Å². The first-order chi connectivity index (χ1) is 14.2. The topological polar surface area (TPSA) is 79.6 Å². The van der Waals surface area contributed by atoms with E-state index in [9.17, 15) is 13.6 Å². The molecule has 156 valence electrons. The summed E-state index contributed by atoms with van der Waals surface area (Å²) in [5.41, 5.74) is 5.08. The second kappa shape index (κ2) is 8.98. The molecule has 0 radical (unpaired) electrons. The molecule has 3 aromatic rings. The molecule has 0 saturated heterocycles. The third-order valence-electron chi connectivity index (χ3n) is 5.07. The molecule has 0 aliphatic heterocycles. The zero-order valence-corrected chi connectivity index (χ0v) is 18.6. The third kappa shape index (κ3) is 5.07. The lowest BCUT2D eigenvalue weighted by Gasteiger charge is -2.21. The Hall–Kier alpha value is -2.70. The average Bonchev–Trinajstić information content (AvgIpc) is 2.69. The fraction of sp³-hybridized carbons (Fsp3) is 0.217. The highest BCUT2D eigenvalue weighted by molar-refractivity contribution is 7.90. The lowest BCUT2D eigenvalue weighted by molar-refractivity contribution is 0.317. The largest absolute Gasteiger partial charge is 0.411 e. The molecule has 0 bridgehead atoms. The van der Waals surface area contributed by atoms with Crippen molar-refractivity contribution in [3.05, 3.63) is 93.8 Å². The summed E-state index contributed by atoms with van der Waals surface area (Å²) in [7, 11) is -3.29. The maximum Gasteiger partial charge on any atom is 0.175 e. The Labute approximate surface area is 182 Å². The van der Waals surface area contributed by atoms with Gasteiger partial charge in [-0.25, -0.2) is 8.42 Å². The van der Waals surface area contributed by atoms with Gasteiger partial charge in [0.05, 0.1) is 10.6 Å². The Kier molecular flexibility index (Phi) is 6.58. The van der Waals surface area contributed by atoms with E-state index in [-0.39, 0.29) is 10.8 Å². The summed E-state index contributed by atoms with van der Waals surface area (Å²) in [5.74, 6) is -0.157. The molecule has 3 rings (SSSR count). The molecule has 1 unspecified atom stereocenters. The number of rotatable bonds is 6. The van der Waals surface area contributed by atoms with Gasteiger partial charge >= 0.3 is 0 Å². The molecule has 1 atom stereocenters. The highest BCUT2D eigenvalue weighted by Gasteiger charge is 2.21. The molecule has 0 aliphatic rings. The van der Waals surface area contributed by atoms with Crippen LogP contribution in [0.3, 0.4) is 0 Å². The van der Waals surface area contributed by atoms with Crippen LogP contribution in [0.5, 0.6) is 0 Å². The second-order valence-corrected chi connectivity index (χ2v) is 9.78. The quantitative estimate of drug-likeness (QED) is 0.325. The number of hydrogen-bond donors (Lipinski definition) is 1. The molecular formula is C23H23ClN2O3S. The van der Waals surface area contributed by atoms with Crippen LogP contribution in [0.1, 0.15) is 40.3 Å². The van der Waals surface area contributed by atoms with Crippen LogP contribution in [0, 0.1) is 13.8 Å². The molecule has 1 heterocycles. The fourth-order valence-electron chi connectivity index (χ4n) is 3.52. The Balaban J connectivity index is 2.08. The van der Waals surface area contributed by atoms with Crippen molar-refractivity contribution in [2.24, 2.45) is 5.16 Å². The Morgan fingerprint density at radius 3 is 2.37 bits per heavy atom. The first-order valence-electron chi connectivity index (χ1n) is 9.39. The SMILES string of the molecule is Cc1cc(C(CC(c2ccc(S(C)(=O)=O)cc2)c2ccc(Cl)cc2C)=NO)ccn1. The van der Waals surface area contributed by atoms with E-state index in [0.717, 1.165) is 27.9 Å². The maximum atomic E-state index is 11.8. The summed E-state index contributed by atoms with van der Waals surface area (Å²) in [5, 5.41) is 13.9. The summed E-state index contributed by atoms with van der Waals surface area (Å²) >= 11 is 6.15. The van der Waals surface area contributed by atoms with Gasteiger partial charge in [0.25, 0.3) is 0 Å². The van der Waals surface area contributed by atoms with Gasteiger partial charge < -0.3 is 5.21 Å². The van der Waals surface area contributed by atoms with Gasteiger partial charge in [0.2, 0.25) is 0 Å². The normalized spacial score (nSPS) is 13.3. The monoisotopic (exact) mass is 442 g/mol. The molecule has 0 fully saturated rings. The van der Waals surface area contributed by atoms with E-state index in [1.807, 2.05) is 50.2 Å². The molecule has 0 saturated carbocycles. The van der Waals surface area contributed by atoms with Crippen LogP contribution in [0.2, 0.25) is 5.02 Å². The molecule has 30 heavy (non-hydrogen) atoms. The molecule has 7 heteroatoms. The van der Waals surface area contributed by atoms with Crippen molar-refractivity contribution in [2.75, 3.05) is 6.26 Å². The highest BCUT2D eigenvalue weighted by atomic mass is 35.5. The number of aromatic nitrogens is 1. The van der Waals surface area contributed by atoms with Gasteiger partial charge in [0.1, 0.15) is 0 Å². The van der Waals surface area contributed by atoms with Gasteiger partial charge in [0.15, 0.2) is 9.84 Å². The van der Waals surface area contributed by atoms with Crippen molar-refractivity contribution in [2.45, 2.75) is 31.1 Å². The standard InChI is InChI=1S/C23H23ClN2O3S/c1-15-12-19(24)6-9-21(15)22(17-4-7-20(8-5-17)30(3,28)29)14-23(26-27)18-10-11-25-16(2)13-18/h4-13,22,27H,14H2,1-3H3. The summed E-state index contributed by atoms with van der Waals surface area (Å²) in [6, 6.07) is 16.2. The Morgan fingerprint density at radius 2 is 1.80 bits per heavy atom. The maximum absolute atomic E-state index is 11.8. The van der Waals surface area contributed by atoms with Crippen LogP contribution in [0.15, 0.2) is 70.8 Å². The first kappa shape index (κ1) is 22.0. The number of hydrogen-bond acceptors (Lipinski definition) is 5. The van der Waals surface area contributed by atoms with Crippen LogP contribution < -0.4 is 0 Å².